The van der Waals surface area contributed by atoms with Gasteiger partial charge in [0.05, 0.1) is 6.61 Å². The van der Waals surface area contributed by atoms with Gasteiger partial charge in [0.2, 0.25) is 5.88 Å². The molecule has 1 aliphatic rings. The van der Waals surface area contributed by atoms with Gasteiger partial charge in [0.25, 0.3) is 0 Å². The lowest BCUT2D eigenvalue weighted by molar-refractivity contribution is 0.142. The van der Waals surface area contributed by atoms with E-state index in [2.05, 4.69) is 17.1 Å². The average molecular weight is 351 g/mol. The van der Waals surface area contributed by atoms with Crippen molar-refractivity contribution in [2.75, 3.05) is 6.61 Å². The van der Waals surface area contributed by atoms with Crippen LogP contribution >= 0.6 is 0 Å². The molecule has 0 saturated carbocycles. The number of nitrogens with one attached hydrogen (secondary N) is 1. The zero-order valence-electron chi connectivity index (χ0n) is 14.5. The second-order valence-corrected chi connectivity index (χ2v) is 6.58. The number of hydrogen-bond donors (Lipinski definition) is 2. The average Bonchev–Trinajstić information content (AvgIpc) is 3.22. The van der Waals surface area contributed by atoms with Crippen LogP contribution in [-0.4, -0.2) is 22.9 Å². The zero-order chi connectivity index (χ0) is 17.9. The van der Waals surface area contributed by atoms with Gasteiger partial charge < -0.3 is 19.6 Å². The number of para-hydroxylation sites is 1. The first-order valence-corrected chi connectivity index (χ1v) is 8.95. The summed E-state index contributed by atoms with van der Waals surface area (Å²) in [6, 6.07) is 14.1. The summed E-state index contributed by atoms with van der Waals surface area (Å²) in [6.45, 7) is 0.574. The molecule has 0 fully saturated rings. The molecule has 0 unspecified atom stereocenters. The van der Waals surface area contributed by atoms with Crippen LogP contribution in [0.1, 0.15) is 29.5 Å². The summed E-state index contributed by atoms with van der Waals surface area (Å²) in [7, 11) is 0. The Labute approximate surface area is 151 Å². The van der Waals surface area contributed by atoms with Crippen LogP contribution in [0.15, 0.2) is 42.5 Å². The molecule has 0 atom stereocenters. The number of carboxylic acid groups (broad SMARTS) is 1. The van der Waals surface area contributed by atoms with Crippen LogP contribution in [0.25, 0.3) is 10.9 Å². The van der Waals surface area contributed by atoms with Crippen LogP contribution in [0.5, 0.6) is 11.6 Å². The monoisotopic (exact) mass is 351 g/mol. The van der Waals surface area contributed by atoms with E-state index in [1.165, 1.54) is 24.0 Å². The molecule has 2 N–H and O–H groups in total. The van der Waals surface area contributed by atoms with Crippen molar-refractivity contribution in [1.29, 1.82) is 0 Å². The molecule has 5 nitrogen and oxygen atoms in total. The van der Waals surface area contributed by atoms with E-state index in [9.17, 15) is 4.79 Å². The van der Waals surface area contributed by atoms with E-state index in [4.69, 9.17) is 14.6 Å². The highest BCUT2D eigenvalue weighted by Crippen LogP contribution is 2.30. The van der Waals surface area contributed by atoms with Crippen LogP contribution < -0.4 is 9.47 Å². The molecule has 0 radical (unpaired) electrons. The largest absolute Gasteiger partial charge is 0.512 e. The molecule has 0 spiro atoms. The van der Waals surface area contributed by atoms with Crippen molar-refractivity contribution in [2.45, 2.75) is 32.1 Å². The number of rotatable bonds is 6. The SMILES string of the molecule is O=C(O)Oc1[nH]c2ccccc2c1CCCOc1ccc2c(c1)CCC2. The van der Waals surface area contributed by atoms with Crippen molar-refractivity contribution >= 4 is 17.1 Å². The Morgan fingerprint density at radius 1 is 1.12 bits per heavy atom. The van der Waals surface area contributed by atoms with Crippen molar-refractivity contribution in [3.05, 3.63) is 59.2 Å². The molecule has 0 aliphatic heterocycles. The van der Waals surface area contributed by atoms with Crippen LogP contribution in [0.2, 0.25) is 0 Å². The summed E-state index contributed by atoms with van der Waals surface area (Å²) >= 11 is 0. The van der Waals surface area contributed by atoms with E-state index in [0.717, 1.165) is 35.1 Å². The van der Waals surface area contributed by atoms with Crippen LogP contribution in [0, 0.1) is 0 Å². The van der Waals surface area contributed by atoms with E-state index in [-0.39, 0.29) is 0 Å². The third-order valence-corrected chi connectivity index (χ3v) is 4.87. The predicted molar refractivity (Wildman–Crippen MR) is 99.2 cm³/mol. The predicted octanol–water partition coefficient (Wildman–Crippen LogP) is 4.73. The summed E-state index contributed by atoms with van der Waals surface area (Å²) in [5, 5.41) is 9.93. The minimum Gasteiger partial charge on any atom is -0.494 e. The molecule has 1 aliphatic carbocycles. The molecular weight excluding hydrogens is 330 g/mol. The molecule has 3 aromatic rings. The standard InChI is InChI=1S/C21H21NO4/c23-21(24)26-20-18(17-7-1-2-9-19(17)22-20)8-4-12-25-16-11-10-14-5-3-6-15(14)13-16/h1-2,7,9-11,13,22H,3-6,8,12H2,(H,23,24). The first kappa shape index (κ1) is 16.5. The summed E-state index contributed by atoms with van der Waals surface area (Å²) in [5.74, 6) is 1.21. The topological polar surface area (TPSA) is 71.5 Å². The molecule has 4 rings (SSSR count). The van der Waals surface area contributed by atoms with Gasteiger partial charge in [-0.1, -0.05) is 24.3 Å². The molecule has 1 aromatic heterocycles. The summed E-state index contributed by atoms with van der Waals surface area (Å²) in [4.78, 5) is 14.0. The first-order valence-electron chi connectivity index (χ1n) is 8.95. The van der Waals surface area contributed by atoms with E-state index < -0.39 is 6.16 Å². The number of benzene rings is 2. The lowest BCUT2D eigenvalue weighted by atomic mass is 10.1. The quantitative estimate of drug-likeness (QED) is 0.498. The second-order valence-electron chi connectivity index (χ2n) is 6.58. The number of aromatic nitrogens is 1. The van der Waals surface area contributed by atoms with E-state index >= 15 is 0 Å². The maximum Gasteiger partial charge on any atom is 0.512 e. The maximum absolute atomic E-state index is 10.9. The molecule has 0 bridgehead atoms. The Balaban J connectivity index is 1.42. The maximum atomic E-state index is 10.9. The Bertz CT molecular complexity index is 944. The van der Waals surface area contributed by atoms with Gasteiger partial charge >= 0.3 is 6.16 Å². The van der Waals surface area contributed by atoms with Crippen molar-refractivity contribution in [3.8, 4) is 11.6 Å². The molecule has 5 heteroatoms. The van der Waals surface area contributed by atoms with Gasteiger partial charge in [-0.3, -0.25) is 0 Å². The number of ether oxygens (including phenoxy) is 2. The van der Waals surface area contributed by atoms with E-state index in [1.54, 1.807) is 0 Å². The van der Waals surface area contributed by atoms with Crippen LogP contribution in [0.3, 0.4) is 0 Å². The molecule has 1 heterocycles. The van der Waals surface area contributed by atoms with Crippen LogP contribution in [0.4, 0.5) is 4.79 Å². The number of aromatic amines is 1. The Morgan fingerprint density at radius 3 is 2.85 bits per heavy atom. The molecule has 0 saturated heterocycles. The van der Waals surface area contributed by atoms with Gasteiger partial charge in [0.1, 0.15) is 5.75 Å². The lowest BCUT2D eigenvalue weighted by Crippen LogP contribution is -2.06. The summed E-state index contributed by atoms with van der Waals surface area (Å²) < 4.78 is 10.8. The fourth-order valence-electron chi connectivity index (χ4n) is 3.67. The number of aryl methyl sites for hydroxylation is 3. The van der Waals surface area contributed by atoms with Gasteiger partial charge in [-0.2, -0.15) is 0 Å². The number of H-pyrrole nitrogens is 1. The molecule has 26 heavy (non-hydrogen) atoms. The number of carbonyl (C=O) groups is 1. The number of hydrogen-bond acceptors (Lipinski definition) is 3. The Kier molecular flexibility index (Phi) is 4.52. The minimum atomic E-state index is -1.31. The second kappa shape index (κ2) is 7.12. The lowest BCUT2D eigenvalue weighted by Gasteiger charge is -2.08. The highest BCUT2D eigenvalue weighted by Gasteiger charge is 2.15. The normalized spacial score (nSPS) is 12.9. The van der Waals surface area contributed by atoms with Gasteiger partial charge in [-0.25, -0.2) is 4.79 Å². The van der Waals surface area contributed by atoms with E-state index in [1.807, 2.05) is 30.3 Å². The van der Waals surface area contributed by atoms with Gasteiger partial charge in [-0.15, -0.1) is 0 Å². The highest BCUT2D eigenvalue weighted by atomic mass is 16.7. The van der Waals surface area contributed by atoms with Crippen LogP contribution in [-0.2, 0) is 19.3 Å². The molecule has 2 aromatic carbocycles. The smallest absolute Gasteiger partial charge is 0.494 e. The number of fused-ring (bicyclic) bond motifs is 2. The van der Waals surface area contributed by atoms with Gasteiger partial charge in [0.15, 0.2) is 0 Å². The Hall–Kier alpha value is -2.95. The fraction of sp³-hybridized carbons (Fsp3) is 0.286. The van der Waals surface area contributed by atoms with Crippen molar-refractivity contribution in [3.63, 3.8) is 0 Å². The first-order chi connectivity index (χ1) is 12.7. The summed E-state index contributed by atoms with van der Waals surface area (Å²) in [5.41, 5.74) is 4.58. The Morgan fingerprint density at radius 2 is 1.96 bits per heavy atom. The third kappa shape index (κ3) is 3.38. The van der Waals surface area contributed by atoms with Gasteiger partial charge in [-0.05, 0) is 61.4 Å². The van der Waals surface area contributed by atoms with E-state index in [0.29, 0.717) is 18.9 Å². The summed E-state index contributed by atoms with van der Waals surface area (Å²) in [6.07, 6.45) is 3.67. The van der Waals surface area contributed by atoms with Gasteiger partial charge in [0, 0.05) is 16.5 Å². The molecular formula is C21H21NO4. The van der Waals surface area contributed by atoms with Crippen molar-refractivity contribution in [2.24, 2.45) is 0 Å². The van der Waals surface area contributed by atoms with Crippen molar-refractivity contribution in [1.82, 2.24) is 4.98 Å². The molecule has 134 valence electrons. The van der Waals surface area contributed by atoms with Crippen molar-refractivity contribution < 1.29 is 19.4 Å². The zero-order valence-corrected chi connectivity index (χ0v) is 14.5. The molecule has 0 amide bonds. The highest BCUT2D eigenvalue weighted by molar-refractivity contribution is 5.86. The third-order valence-electron chi connectivity index (χ3n) is 4.87. The minimum absolute atomic E-state index is 0.302. The fourth-order valence-corrected chi connectivity index (χ4v) is 3.67.